The van der Waals surface area contributed by atoms with Crippen molar-refractivity contribution >= 4 is 21.9 Å². The number of carboxylic acids is 1. The number of methoxy groups -OCH3 is 1. The van der Waals surface area contributed by atoms with Gasteiger partial charge < -0.3 is 20.1 Å². The second kappa shape index (κ2) is 6.72. The maximum absolute atomic E-state index is 11.0. The number of hydrogen-bond donors (Lipinski definition) is 3. The molecule has 1 aromatic carbocycles. The van der Waals surface area contributed by atoms with E-state index in [1.165, 1.54) is 25.3 Å². The van der Waals surface area contributed by atoms with E-state index >= 15 is 0 Å². The van der Waals surface area contributed by atoms with Gasteiger partial charge >= 0.3 is 5.97 Å². The fourth-order valence-corrected chi connectivity index (χ4v) is 2.13. The van der Waals surface area contributed by atoms with Crippen LogP contribution in [0.1, 0.15) is 28.4 Å². The Kier molecular flexibility index (Phi) is 5.58. The number of para-hydroxylation sites is 1. The van der Waals surface area contributed by atoms with Crippen LogP contribution in [0.25, 0.3) is 0 Å². The van der Waals surface area contributed by atoms with Gasteiger partial charge in [0.25, 0.3) is 0 Å². The minimum Gasteiger partial charge on any atom is -0.495 e. The van der Waals surface area contributed by atoms with Gasteiger partial charge in [0.1, 0.15) is 17.4 Å². The molecule has 0 aliphatic rings. The van der Waals surface area contributed by atoms with E-state index in [0.29, 0.717) is 11.8 Å². The van der Waals surface area contributed by atoms with Crippen molar-refractivity contribution in [2.75, 3.05) is 12.4 Å². The van der Waals surface area contributed by atoms with Gasteiger partial charge in [-0.1, -0.05) is 28.1 Å². The van der Waals surface area contributed by atoms with Crippen LogP contribution in [0.5, 0.6) is 5.75 Å². The lowest BCUT2D eigenvalue weighted by molar-refractivity contribution is 0.0159. The molecule has 0 aliphatic carbocycles. The number of rotatable bonds is 6. The average Bonchev–Trinajstić information content (AvgIpc) is 2.36. The highest BCUT2D eigenvalue weighted by molar-refractivity contribution is 9.09. The monoisotopic (exact) mass is 318 g/mol. The van der Waals surface area contributed by atoms with Crippen molar-refractivity contribution in [2.24, 2.45) is 0 Å². The number of halogens is 1. The first-order valence-electron chi connectivity index (χ1n) is 5.35. The molecule has 1 rings (SSSR count). The van der Waals surface area contributed by atoms with Crippen molar-refractivity contribution in [3.05, 3.63) is 29.3 Å². The zero-order chi connectivity index (χ0) is 13.7. The molecule has 0 aromatic heterocycles. The number of hydrogen-bond acceptors (Lipinski definition) is 4. The predicted molar refractivity (Wildman–Crippen MR) is 69.3 cm³/mol. The molecule has 0 radical (unpaired) electrons. The van der Waals surface area contributed by atoms with Gasteiger partial charge in [-0.3, -0.25) is 0 Å². The van der Waals surface area contributed by atoms with E-state index in [-0.39, 0.29) is 16.9 Å². The van der Waals surface area contributed by atoms with Crippen LogP contribution in [0.4, 0.5) is 0 Å². The molecule has 0 saturated heterocycles. The van der Waals surface area contributed by atoms with Crippen LogP contribution in [0.2, 0.25) is 0 Å². The molecule has 0 bridgehead atoms. The van der Waals surface area contributed by atoms with Gasteiger partial charge in [-0.05, 0) is 12.5 Å². The number of aliphatic hydroxyl groups is 2. The van der Waals surface area contributed by atoms with Crippen LogP contribution >= 0.6 is 15.9 Å². The summed E-state index contributed by atoms with van der Waals surface area (Å²) in [7, 11) is 1.33. The molecule has 0 amide bonds. The van der Waals surface area contributed by atoms with Gasteiger partial charge in [-0.2, -0.15) is 0 Å². The number of benzene rings is 1. The fourth-order valence-electron chi connectivity index (χ4n) is 1.66. The number of carboxylic acid groups (broad SMARTS) is 1. The highest BCUT2D eigenvalue weighted by atomic mass is 79.9. The molecule has 0 heterocycles. The summed E-state index contributed by atoms with van der Waals surface area (Å²) in [5.41, 5.74) is 0.228. The van der Waals surface area contributed by atoms with Gasteiger partial charge in [-0.25, -0.2) is 4.79 Å². The topological polar surface area (TPSA) is 87.0 Å². The Bertz CT molecular complexity index is 421. The first kappa shape index (κ1) is 14.9. The Labute approximate surface area is 113 Å². The van der Waals surface area contributed by atoms with Gasteiger partial charge in [-0.15, -0.1) is 0 Å². The molecular weight excluding hydrogens is 304 g/mol. The van der Waals surface area contributed by atoms with Crippen LogP contribution < -0.4 is 4.74 Å². The molecule has 0 fully saturated rings. The van der Waals surface area contributed by atoms with E-state index in [2.05, 4.69) is 15.9 Å². The smallest absolute Gasteiger partial charge is 0.339 e. The molecule has 6 heteroatoms. The molecule has 2 atom stereocenters. The van der Waals surface area contributed by atoms with E-state index in [4.69, 9.17) is 9.84 Å². The predicted octanol–water partition coefficient (Wildman–Crippen LogP) is 1.57. The number of ether oxygens (including phenoxy) is 1. The molecule has 18 heavy (non-hydrogen) atoms. The second-order valence-electron chi connectivity index (χ2n) is 3.72. The number of alkyl halides is 1. The van der Waals surface area contributed by atoms with Crippen molar-refractivity contribution < 1.29 is 24.9 Å². The number of aromatic carboxylic acids is 1. The standard InChI is InChI=1S/C12H15BrO5/c1-18-11-7(10(15)9(14)5-6-13)3-2-4-8(11)12(16)17/h2-4,9-10,14-15H,5-6H2,1H3,(H,16,17). The Balaban J connectivity index is 3.15. The maximum atomic E-state index is 11.0. The van der Waals surface area contributed by atoms with E-state index in [9.17, 15) is 15.0 Å². The molecule has 2 unspecified atom stereocenters. The summed E-state index contributed by atoms with van der Waals surface area (Å²) in [5.74, 6) is -1.07. The van der Waals surface area contributed by atoms with Gasteiger partial charge in [0.15, 0.2) is 0 Å². The van der Waals surface area contributed by atoms with Crippen molar-refractivity contribution in [3.63, 3.8) is 0 Å². The van der Waals surface area contributed by atoms with E-state index in [1.54, 1.807) is 0 Å². The van der Waals surface area contributed by atoms with Crippen LogP contribution in [-0.2, 0) is 0 Å². The summed E-state index contributed by atoms with van der Waals surface area (Å²) in [4.78, 5) is 11.0. The fraction of sp³-hybridized carbons (Fsp3) is 0.417. The van der Waals surface area contributed by atoms with Gasteiger partial charge in [0, 0.05) is 10.9 Å². The largest absolute Gasteiger partial charge is 0.495 e. The van der Waals surface area contributed by atoms with Gasteiger partial charge in [0.05, 0.1) is 13.2 Å². The summed E-state index contributed by atoms with van der Waals surface area (Å²) in [6.45, 7) is 0. The third-order valence-corrected chi connectivity index (χ3v) is 3.03. The lowest BCUT2D eigenvalue weighted by Gasteiger charge is -2.20. The average molecular weight is 319 g/mol. The van der Waals surface area contributed by atoms with Crippen LogP contribution in [0, 0.1) is 0 Å². The molecular formula is C12H15BrO5. The molecule has 0 spiro atoms. The summed E-state index contributed by atoms with van der Waals surface area (Å²) in [6.07, 6.45) is -1.82. The minimum absolute atomic E-state index is 0.0416. The van der Waals surface area contributed by atoms with Crippen molar-refractivity contribution in [3.8, 4) is 5.75 Å². The zero-order valence-corrected chi connectivity index (χ0v) is 11.4. The lowest BCUT2D eigenvalue weighted by Crippen LogP contribution is -2.20. The van der Waals surface area contributed by atoms with E-state index in [1.807, 2.05) is 0 Å². The summed E-state index contributed by atoms with van der Waals surface area (Å²) >= 11 is 3.17. The first-order valence-corrected chi connectivity index (χ1v) is 6.47. The summed E-state index contributed by atoms with van der Waals surface area (Å²) in [5, 5.41) is 29.3. The Morgan fingerprint density at radius 2 is 2.11 bits per heavy atom. The van der Waals surface area contributed by atoms with Crippen molar-refractivity contribution in [2.45, 2.75) is 18.6 Å². The highest BCUT2D eigenvalue weighted by Crippen LogP contribution is 2.31. The highest BCUT2D eigenvalue weighted by Gasteiger charge is 2.24. The van der Waals surface area contributed by atoms with Gasteiger partial charge in [0.2, 0.25) is 0 Å². The first-order chi connectivity index (χ1) is 8.52. The van der Waals surface area contributed by atoms with Crippen LogP contribution in [-0.4, -0.2) is 39.8 Å². The van der Waals surface area contributed by atoms with E-state index < -0.39 is 18.2 Å². The van der Waals surface area contributed by atoms with Crippen LogP contribution in [0.15, 0.2) is 18.2 Å². The normalized spacial score (nSPS) is 14.0. The SMILES string of the molecule is COc1c(C(=O)O)cccc1C(O)C(O)CCBr. The molecule has 0 saturated carbocycles. The Morgan fingerprint density at radius 1 is 1.44 bits per heavy atom. The number of aliphatic hydroxyl groups excluding tert-OH is 2. The number of carbonyl (C=O) groups is 1. The second-order valence-corrected chi connectivity index (χ2v) is 4.52. The Hall–Kier alpha value is -1.11. The van der Waals surface area contributed by atoms with Crippen LogP contribution in [0.3, 0.4) is 0 Å². The maximum Gasteiger partial charge on any atom is 0.339 e. The lowest BCUT2D eigenvalue weighted by atomic mass is 9.99. The molecule has 0 aliphatic heterocycles. The third-order valence-electron chi connectivity index (χ3n) is 2.57. The summed E-state index contributed by atoms with van der Waals surface area (Å²) < 4.78 is 5.02. The zero-order valence-electron chi connectivity index (χ0n) is 9.84. The van der Waals surface area contributed by atoms with Crippen molar-refractivity contribution in [1.29, 1.82) is 0 Å². The minimum atomic E-state index is -1.18. The quantitative estimate of drug-likeness (QED) is 0.693. The molecule has 1 aromatic rings. The van der Waals surface area contributed by atoms with Crippen molar-refractivity contribution in [1.82, 2.24) is 0 Å². The van der Waals surface area contributed by atoms with E-state index in [0.717, 1.165) is 0 Å². The molecule has 100 valence electrons. The Morgan fingerprint density at radius 3 is 2.61 bits per heavy atom. The third kappa shape index (κ3) is 3.22. The molecule has 5 nitrogen and oxygen atoms in total. The summed E-state index contributed by atoms with van der Waals surface area (Å²) in [6, 6.07) is 4.42. The molecule has 3 N–H and O–H groups in total.